The lowest BCUT2D eigenvalue weighted by atomic mass is 10.2. The third-order valence-electron chi connectivity index (χ3n) is 3.48. The van der Waals surface area contributed by atoms with Gasteiger partial charge in [0.15, 0.2) is 5.82 Å². The number of nitrogens with zero attached hydrogens (tertiary/aromatic N) is 3. The van der Waals surface area contributed by atoms with E-state index in [0.29, 0.717) is 35.4 Å². The van der Waals surface area contributed by atoms with Gasteiger partial charge in [0.25, 0.3) is 5.91 Å². The fraction of sp³-hybridized carbons (Fsp3) is 0.462. The van der Waals surface area contributed by atoms with Crippen LogP contribution < -0.4 is 0 Å². The molecule has 1 saturated heterocycles. The molecule has 1 N–H and O–H groups in total. The van der Waals surface area contributed by atoms with Crippen LogP contribution in [-0.4, -0.2) is 32.5 Å². The molecular weight excluding hydrogens is 280 g/mol. The van der Waals surface area contributed by atoms with Crippen molar-refractivity contribution in [1.29, 1.82) is 0 Å². The fourth-order valence-electron chi connectivity index (χ4n) is 2.47. The highest BCUT2D eigenvalue weighted by Gasteiger charge is 2.34. The van der Waals surface area contributed by atoms with Gasteiger partial charge in [-0.15, -0.1) is 0 Å². The summed E-state index contributed by atoms with van der Waals surface area (Å²) in [6.45, 7) is 2.64. The topological polar surface area (TPSA) is 75.0 Å². The van der Waals surface area contributed by atoms with E-state index in [4.69, 9.17) is 16.1 Å². The minimum absolute atomic E-state index is 0.0813. The van der Waals surface area contributed by atoms with E-state index in [1.807, 2.05) is 6.92 Å². The number of nitrogens with one attached hydrogen (secondary N) is 1. The second kappa shape index (κ2) is 5.28. The maximum atomic E-state index is 12.5. The first-order valence-corrected chi connectivity index (χ1v) is 7.04. The number of H-pyrrole nitrogens is 1. The molecule has 0 aromatic carbocycles. The molecule has 3 rings (SSSR count). The van der Waals surface area contributed by atoms with E-state index < -0.39 is 0 Å². The molecule has 1 aliphatic rings. The van der Waals surface area contributed by atoms with Gasteiger partial charge in [-0.1, -0.05) is 23.7 Å². The molecule has 1 atom stereocenters. The van der Waals surface area contributed by atoms with Crippen LogP contribution in [-0.2, 0) is 6.42 Å². The third-order valence-corrected chi connectivity index (χ3v) is 3.69. The van der Waals surface area contributed by atoms with Gasteiger partial charge in [0.1, 0.15) is 5.69 Å². The van der Waals surface area contributed by atoms with Gasteiger partial charge in [-0.05, 0) is 18.9 Å². The number of amides is 1. The van der Waals surface area contributed by atoms with Crippen LogP contribution in [0.2, 0.25) is 5.02 Å². The standard InChI is InChI=1S/C13H15ClN4O2/c1-2-11-16-12(17-20-11)10-4-3-5-18(10)13(19)9-6-8(14)7-15-9/h6-7,10,15H,2-5H2,1H3/t10-/m0/s1. The Kier molecular flexibility index (Phi) is 3.48. The SMILES string of the molecule is CCc1nc([C@@H]2CCCN2C(=O)c2cc(Cl)c[nH]2)no1. The predicted octanol–water partition coefficient (Wildman–Crippen LogP) is 2.59. The number of carbonyl (C=O) groups is 1. The highest BCUT2D eigenvalue weighted by atomic mass is 35.5. The molecular formula is C13H15ClN4O2. The van der Waals surface area contributed by atoms with Crippen LogP contribution in [0.15, 0.2) is 16.8 Å². The lowest BCUT2D eigenvalue weighted by molar-refractivity contribution is 0.0723. The Morgan fingerprint density at radius 1 is 1.65 bits per heavy atom. The Hall–Kier alpha value is -1.82. The number of aromatic nitrogens is 3. The van der Waals surface area contributed by atoms with Crippen molar-refractivity contribution < 1.29 is 9.32 Å². The molecule has 20 heavy (non-hydrogen) atoms. The maximum Gasteiger partial charge on any atom is 0.270 e. The molecule has 0 aliphatic carbocycles. The summed E-state index contributed by atoms with van der Waals surface area (Å²) >= 11 is 5.85. The number of likely N-dealkylation sites (tertiary alicyclic amines) is 1. The normalized spacial score (nSPS) is 18.7. The molecule has 3 heterocycles. The number of carbonyl (C=O) groups excluding carboxylic acids is 1. The average molecular weight is 295 g/mol. The fourth-order valence-corrected chi connectivity index (χ4v) is 2.63. The Morgan fingerprint density at radius 3 is 3.15 bits per heavy atom. The minimum Gasteiger partial charge on any atom is -0.356 e. The molecule has 2 aromatic heterocycles. The van der Waals surface area contributed by atoms with Crippen LogP contribution in [0, 0.1) is 0 Å². The first-order chi connectivity index (χ1) is 9.69. The lowest BCUT2D eigenvalue weighted by Crippen LogP contribution is -2.31. The van der Waals surface area contributed by atoms with Crippen molar-refractivity contribution >= 4 is 17.5 Å². The number of rotatable bonds is 3. The van der Waals surface area contributed by atoms with Crippen molar-refractivity contribution in [3.8, 4) is 0 Å². The van der Waals surface area contributed by atoms with Crippen molar-refractivity contribution in [2.75, 3.05) is 6.54 Å². The quantitative estimate of drug-likeness (QED) is 0.944. The van der Waals surface area contributed by atoms with E-state index in [0.717, 1.165) is 12.8 Å². The van der Waals surface area contributed by atoms with Gasteiger partial charge in [0.2, 0.25) is 5.89 Å². The Bertz CT molecular complexity index is 621. The molecule has 6 nitrogen and oxygen atoms in total. The van der Waals surface area contributed by atoms with Crippen molar-refractivity contribution in [2.24, 2.45) is 0 Å². The number of hydrogen-bond acceptors (Lipinski definition) is 4. The van der Waals surface area contributed by atoms with Gasteiger partial charge in [-0.3, -0.25) is 4.79 Å². The summed E-state index contributed by atoms with van der Waals surface area (Å²) in [6.07, 6.45) is 4.08. The van der Waals surface area contributed by atoms with Crippen LogP contribution in [0.25, 0.3) is 0 Å². The Labute approximate surface area is 121 Å². The second-order valence-corrected chi connectivity index (χ2v) is 5.22. The van der Waals surface area contributed by atoms with E-state index in [1.54, 1.807) is 17.2 Å². The van der Waals surface area contributed by atoms with Gasteiger partial charge < -0.3 is 14.4 Å². The largest absolute Gasteiger partial charge is 0.356 e. The summed E-state index contributed by atoms with van der Waals surface area (Å²) in [5, 5.41) is 4.51. The first kappa shape index (κ1) is 13.2. The first-order valence-electron chi connectivity index (χ1n) is 6.66. The van der Waals surface area contributed by atoms with E-state index >= 15 is 0 Å². The summed E-state index contributed by atoms with van der Waals surface area (Å²) in [5.74, 6) is 1.11. The third kappa shape index (κ3) is 2.31. The van der Waals surface area contributed by atoms with Crippen molar-refractivity contribution in [3.05, 3.63) is 34.7 Å². The molecule has 0 unspecified atom stereocenters. The molecule has 106 valence electrons. The molecule has 7 heteroatoms. The molecule has 2 aromatic rings. The van der Waals surface area contributed by atoms with Gasteiger partial charge in [-0.25, -0.2) is 0 Å². The minimum atomic E-state index is -0.117. The number of aromatic amines is 1. The Balaban J connectivity index is 1.83. The van der Waals surface area contributed by atoms with Crippen LogP contribution >= 0.6 is 11.6 Å². The summed E-state index contributed by atoms with van der Waals surface area (Å²) in [7, 11) is 0. The highest BCUT2D eigenvalue weighted by Crippen LogP contribution is 2.31. The zero-order valence-electron chi connectivity index (χ0n) is 11.1. The van der Waals surface area contributed by atoms with Gasteiger partial charge >= 0.3 is 0 Å². The smallest absolute Gasteiger partial charge is 0.270 e. The second-order valence-electron chi connectivity index (χ2n) is 4.79. The van der Waals surface area contributed by atoms with Gasteiger partial charge in [0.05, 0.1) is 11.1 Å². The zero-order valence-corrected chi connectivity index (χ0v) is 11.9. The summed E-state index contributed by atoms with van der Waals surface area (Å²) in [4.78, 5) is 21.5. The molecule has 0 spiro atoms. The molecule has 1 fully saturated rings. The summed E-state index contributed by atoms with van der Waals surface area (Å²) in [5.41, 5.74) is 0.487. The van der Waals surface area contributed by atoms with Gasteiger partial charge in [-0.2, -0.15) is 4.98 Å². The molecule has 0 saturated carbocycles. The highest BCUT2D eigenvalue weighted by molar-refractivity contribution is 6.30. The van der Waals surface area contributed by atoms with Crippen molar-refractivity contribution in [1.82, 2.24) is 20.0 Å². The molecule has 0 bridgehead atoms. The molecule has 1 aliphatic heterocycles. The van der Waals surface area contributed by atoms with Crippen molar-refractivity contribution in [3.63, 3.8) is 0 Å². The van der Waals surface area contributed by atoms with Crippen LogP contribution in [0.1, 0.15) is 48.0 Å². The number of hydrogen-bond donors (Lipinski definition) is 1. The lowest BCUT2D eigenvalue weighted by Gasteiger charge is -2.21. The van der Waals surface area contributed by atoms with Crippen molar-refractivity contribution in [2.45, 2.75) is 32.2 Å². The Morgan fingerprint density at radius 2 is 2.50 bits per heavy atom. The van der Waals surface area contributed by atoms with Gasteiger partial charge in [0, 0.05) is 19.2 Å². The number of aryl methyl sites for hydroxylation is 1. The van der Waals surface area contributed by atoms with Crippen LogP contribution in [0.4, 0.5) is 0 Å². The average Bonchev–Trinajstić information content (AvgIpc) is 3.17. The van der Waals surface area contributed by atoms with E-state index in [1.165, 1.54) is 0 Å². The number of halogens is 1. The zero-order chi connectivity index (χ0) is 14.1. The van der Waals surface area contributed by atoms with Crippen LogP contribution in [0.3, 0.4) is 0 Å². The van der Waals surface area contributed by atoms with E-state index in [-0.39, 0.29) is 11.9 Å². The monoisotopic (exact) mass is 294 g/mol. The van der Waals surface area contributed by atoms with Crippen LogP contribution in [0.5, 0.6) is 0 Å². The molecule has 1 amide bonds. The van der Waals surface area contributed by atoms with E-state index in [9.17, 15) is 4.79 Å². The summed E-state index contributed by atoms with van der Waals surface area (Å²) in [6, 6.07) is 1.51. The molecule has 0 radical (unpaired) electrons. The van der Waals surface area contributed by atoms with E-state index in [2.05, 4.69) is 15.1 Å². The predicted molar refractivity (Wildman–Crippen MR) is 72.5 cm³/mol. The summed E-state index contributed by atoms with van der Waals surface area (Å²) < 4.78 is 5.14. The maximum absolute atomic E-state index is 12.5.